The van der Waals surface area contributed by atoms with Crippen molar-refractivity contribution < 1.29 is 4.74 Å². The van der Waals surface area contributed by atoms with Gasteiger partial charge in [0, 0.05) is 18.0 Å². The zero-order valence-corrected chi connectivity index (χ0v) is 13.4. The fourth-order valence-corrected chi connectivity index (χ4v) is 4.35. The fourth-order valence-electron chi connectivity index (χ4n) is 3.03. The normalized spacial score (nSPS) is 20.4. The summed E-state index contributed by atoms with van der Waals surface area (Å²) >= 11 is 1.84. The van der Waals surface area contributed by atoms with Crippen LogP contribution in [0.1, 0.15) is 67.6 Å². The number of rotatable bonds is 5. The Morgan fingerprint density at radius 1 is 1.37 bits per heavy atom. The van der Waals surface area contributed by atoms with Crippen LogP contribution in [0.2, 0.25) is 0 Å². The third kappa shape index (κ3) is 3.01. The van der Waals surface area contributed by atoms with E-state index in [0.717, 1.165) is 25.1 Å². The first kappa shape index (κ1) is 14.9. The second-order valence-electron chi connectivity index (χ2n) is 5.51. The number of methoxy groups -OCH3 is 1. The maximum Gasteiger partial charge on any atom is 0.125 e. The number of aryl methyl sites for hydroxylation is 1. The summed E-state index contributed by atoms with van der Waals surface area (Å²) < 4.78 is 5.90. The van der Waals surface area contributed by atoms with Crippen LogP contribution in [0.3, 0.4) is 0 Å². The van der Waals surface area contributed by atoms with Crippen molar-refractivity contribution in [2.24, 2.45) is 0 Å². The van der Waals surface area contributed by atoms with Gasteiger partial charge in [0.15, 0.2) is 0 Å². The molecule has 4 heteroatoms. The zero-order valence-electron chi connectivity index (χ0n) is 12.6. The Balaban J connectivity index is 2.27. The van der Waals surface area contributed by atoms with Gasteiger partial charge in [0.1, 0.15) is 10.6 Å². The number of hydrogen-bond donors (Lipinski definition) is 1. The predicted molar refractivity (Wildman–Crippen MR) is 80.7 cm³/mol. The molecule has 0 bridgehead atoms. The number of nitrogens with one attached hydrogen (secondary N) is 1. The topological polar surface area (TPSA) is 34.1 Å². The first-order valence-corrected chi connectivity index (χ1v) is 8.21. The van der Waals surface area contributed by atoms with E-state index in [2.05, 4.69) is 26.1 Å². The van der Waals surface area contributed by atoms with Crippen LogP contribution in [0.15, 0.2) is 0 Å². The average Bonchev–Trinajstić information content (AvgIpc) is 2.82. The molecule has 1 unspecified atom stereocenters. The summed E-state index contributed by atoms with van der Waals surface area (Å²) in [6, 6.07) is 0.383. The van der Waals surface area contributed by atoms with Crippen molar-refractivity contribution in [3.05, 3.63) is 15.6 Å². The summed E-state index contributed by atoms with van der Waals surface area (Å²) in [6.45, 7) is 7.47. The predicted octanol–water partition coefficient (Wildman–Crippen LogP) is 3.93. The first-order chi connectivity index (χ1) is 9.13. The second-order valence-corrected chi connectivity index (χ2v) is 6.54. The van der Waals surface area contributed by atoms with Crippen molar-refractivity contribution >= 4 is 11.3 Å². The molecule has 1 heterocycles. The quantitative estimate of drug-likeness (QED) is 0.888. The molecule has 1 aliphatic rings. The molecule has 0 amide bonds. The summed E-state index contributed by atoms with van der Waals surface area (Å²) in [5, 5.41) is 4.67. The molecule has 0 radical (unpaired) electrons. The van der Waals surface area contributed by atoms with Crippen LogP contribution in [0.5, 0.6) is 0 Å². The standard InChI is InChI=1S/C15H26N2OS/c1-5-16-11(2)13-12(3)17-14(19-13)15(18-4)9-7-6-8-10-15/h11,16H,5-10H2,1-4H3. The zero-order chi connectivity index (χ0) is 13.9. The van der Waals surface area contributed by atoms with Gasteiger partial charge >= 0.3 is 0 Å². The number of nitrogens with zero attached hydrogens (tertiary/aromatic N) is 1. The summed E-state index contributed by atoms with van der Waals surface area (Å²) in [4.78, 5) is 6.19. The fraction of sp³-hybridized carbons (Fsp3) is 0.800. The van der Waals surface area contributed by atoms with Gasteiger partial charge in [0.05, 0.1) is 5.69 Å². The molecule has 1 aliphatic carbocycles. The molecule has 3 nitrogen and oxygen atoms in total. The smallest absolute Gasteiger partial charge is 0.125 e. The average molecular weight is 282 g/mol. The molecule has 1 fully saturated rings. The molecule has 1 saturated carbocycles. The van der Waals surface area contributed by atoms with E-state index >= 15 is 0 Å². The Morgan fingerprint density at radius 3 is 2.63 bits per heavy atom. The lowest BCUT2D eigenvalue weighted by atomic mass is 9.85. The van der Waals surface area contributed by atoms with Crippen LogP contribution in [0.4, 0.5) is 0 Å². The van der Waals surface area contributed by atoms with E-state index in [1.54, 1.807) is 0 Å². The Hall–Kier alpha value is -0.450. The van der Waals surface area contributed by atoms with Gasteiger partial charge in [0.2, 0.25) is 0 Å². The third-order valence-electron chi connectivity index (χ3n) is 4.18. The maximum atomic E-state index is 5.90. The van der Waals surface area contributed by atoms with Gasteiger partial charge in [-0.15, -0.1) is 11.3 Å². The van der Waals surface area contributed by atoms with E-state index in [1.165, 1.54) is 29.1 Å². The Labute approximate surface area is 120 Å². The van der Waals surface area contributed by atoms with Gasteiger partial charge in [-0.05, 0) is 33.2 Å². The SMILES string of the molecule is CCNC(C)c1sc(C2(OC)CCCCC2)nc1C. The number of thiazole rings is 1. The van der Waals surface area contributed by atoms with Crippen molar-refractivity contribution in [1.82, 2.24) is 10.3 Å². The van der Waals surface area contributed by atoms with E-state index in [1.807, 2.05) is 18.4 Å². The van der Waals surface area contributed by atoms with Crippen molar-refractivity contribution in [3.63, 3.8) is 0 Å². The summed E-state index contributed by atoms with van der Waals surface area (Å²) in [5.74, 6) is 0. The van der Waals surface area contributed by atoms with Crippen molar-refractivity contribution in [3.8, 4) is 0 Å². The van der Waals surface area contributed by atoms with E-state index in [-0.39, 0.29) is 5.60 Å². The molecule has 2 rings (SSSR count). The number of aromatic nitrogens is 1. The molecular formula is C15H26N2OS. The van der Waals surface area contributed by atoms with Gasteiger partial charge in [-0.1, -0.05) is 26.2 Å². The highest BCUT2D eigenvalue weighted by Gasteiger charge is 2.37. The van der Waals surface area contributed by atoms with E-state index in [0.29, 0.717) is 6.04 Å². The second kappa shape index (κ2) is 6.33. The van der Waals surface area contributed by atoms with Gasteiger partial charge in [-0.2, -0.15) is 0 Å². The maximum absolute atomic E-state index is 5.90. The molecule has 0 aliphatic heterocycles. The highest BCUT2D eigenvalue weighted by atomic mass is 32.1. The van der Waals surface area contributed by atoms with Crippen LogP contribution >= 0.6 is 11.3 Å². The molecule has 1 aromatic rings. The van der Waals surface area contributed by atoms with Crippen molar-refractivity contribution in [1.29, 1.82) is 0 Å². The van der Waals surface area contributed by atoms with E-state index in [4.69, 9.17) is 9.72 Å². The molecule has 1 N–H and O–H groups in total. The highest BCUT2D eigenvalue weighted by Crippen LogP contribution is 2.43. The summed E-state index contributed by atoms with van der Waals surface area (Å²) in [6.07, 6.45) is 6.07. The third-order valence-corrected chi connectivity index (χ3v) is 5.70. The van der Waals surface area contributed by atoms with Crippen LogP contribution in [0.25, 0.3) is 0 Å². The van der Waals surface area contributed by atoms with Gasteiger partial charge in [-0.25, -0.2) is 4.98 Å². The van der Waals surface area contributed by atoms with E-state index in [9.17, 15) is 0 Å². The van der Waals surface area contributed by atoms with E-state index < -0.39 is 0 Å². The van der Waals surface area contributed by atoms with Gasteiger partial charge < -0.3 is 10.1 Å². The first-order valence-electron chi connectivity index (χ1n) is 7.39. The van der Waals surface area contributed by atoms with Crippen molar-refractivity contribution in [2.45, 2.75) is 64.5 Å². The molecular weight excluding hydrogens is 256 g/mol. The number of ether oxygens (including phenoxy) is 1. The van der Waals surface area contributed by atoms with Crippen LogP contribution < -0.4 is 5.32 Å². The monoisotopic (exact) mass is 282 g/mol. The lowest BCUT2D eigenvalue weighted by Gasteiger charge is -2.34. The lowest BCUT2D eigenvalue weighted by Crippen LogP contribution is -2.30. The minimum absolute atomic E-state index is 0.113. The highest BCUT2D eigenvalue weighted by molar-refractivity contribution is 7.12. The molecule has 19 heavy (non-hydrogen) atoms. The van der Waals surface area contributed by atoms with Gasteiger partial charge in [0.25, 0.3) is 0 Å². The summed E-state index contributed by atoms with van der Waals surface area (Å²) in [7, 11) is 1.84. The van der Waals surface area contributed by atoms with Crippen molar-refractivity contribution in [2.75, 3.05) is 13.7 Å². The minimum Gasteiger partial charge on any atom is -0.371 e. The molecule has 1 aromatic heterocycles. The Kier molecular flexibility index (Phi) is 4.98. The Bertz CT molecular complexity index is 410. The summed E-state index contributed by atoms with van der Waals surface area (Å²) in [5.41, 5.74) is 1.05. The largest absolute Gasteiger partial charge is 0.371 e. The minimum atomic E-state index is -0.113. The van der Waals surface area contributed by atoms with Crippen LogP contribution in [-0.4, -0.2) is 18.6 Å². The molecule has 0 spiro atoms. The van der Waals surface area contributed by atoms with Crippen LogP contribution in [0, 0.1) is 6.92 Å². The van der Waals surface area contributed by atoms with Gasteiger partial charge in [-0.3, -0.25) is 0 Å². The molecule has 1 atom stereocenters. The van der Waals surface area contributed by atoms with Crippen LogP contribution in [-0.2, 0) is 10.3 Å². The molecule has 108 valence electrons. The Morgan fingerprint density at radius 2 is 2.05 bits per heavy atom. The number of hydrogen-bond acceptors (Lipinski definition) is 4. The molecule has 0 saturated heterocycles. The lowest BCUT2D eigenvalue weighted by molar-refractivity contribution is -0.0446. The molecule has 0 aromatic carbocycles.